The lowest BCUT2D eigenvalue weighted by molar-refractivity contribution is 0.892. The average molecular weight is 233 g/mol. The predicted octanol–water partition coefficient (Wildman–Crippen LogP) is 2.51. The van der Waals surface area contributed by atoms with Crippen molar-refractivity contribution in [3.8, 4) is 0 Å². The Balaban J connectivity index is 2.50. The van der Waals surface area contributed by atoms with Crippen molar-refractivity contribution in [2.24, 2.45) is 0 Å². The van der Waals surface area contributed by atoms with E-state index in [1.807, 2.05) is 0 Å². The number of hydrogen-bond donors (Lipinski definition) is 0. The van der Waals surface area contributed by atoms with Crippen LogP contribution in [0.25, 0.3) is 0 Å². The monoisotopic (exact) mass is 232 g/mol. The zero-order valence-corrected chi connectivity index (χ0v) is 8.06. The van der Waals surface area contributed by atoms with E-state index in [0.29, 0.717) is 10.1 Å². The minimum Gasteiger partial charge on any atom is -0.226 e. The Labute approximate surface area is 78.1 Å². The van der Waals surface area contributed by atoms with Gasteiger partial charge >= 0.3 is 0 Å². The molecule has 1 aliphatic carbocycles. The van der Waals surface area contributed by atoms with Gasteiger partial charge in [-0.05, 0) is 24.4 Å². The zero-order chi connectivity index (χ0) is 7.84. The van der Waals surface area contributed by atoms with Gasteiger partial charge in [0.05, 0.1) is 0 Å². The minimum atomic E-state index is 0.352. The van der Waals surface area contributed by atoms with Gasteiger partial charge in [-0.1, -0.05) is 15.9 Å². The molecule has 1 aromatic heterocycles. The molecule has 0 spiro atoms. The molecule has 0 aromatic carbocycles. The molecule has 0 bridgehead atoms. The molecule has 0 N–H and O–H groups in total. The van der Waals surface area contributed by atoms with Gasteiger partial charge in [-0.15, -0.1) is 0 Å². The molecule has 0 amide bonds. The molecule has 1 aromatic rings. The van der Waals surface area contributed by atoms with E-state index in [0.717, 1.165) is 18.5 Å². The molecular weight excluding hydrogens is 227 g/mol. The standard InChI is InChI=1S/C7H6BrClN2/c8-5-1-2-6-4(5)3-10-7(9)11-6/h3,5H,1-2H2. The summed E-state index contributed by atoms with van der Waals surface area (Å²) in [4.78, 5) is 8.48. The second-order valence-corrected chi connectivity index (χ2v) is 3.99. The first-order valence-electron chi connectivity index (χ1n) is 3.43. The SMILES string of the molecule is Clc1ncc2c(n1)CCC2Br. The fourth-order valence-corrected chi connectivity index (χ4v) is 2.05. The maximum atomic E-state index is 5.63. The summed E-state index contributed by atoms with van der Waals surface area (Å²) in [7, 11) is 0. The summed E-state index contributed by atoms with van der Waals surface area (Å²) < 4.78 is 0. The van der Waals surface area contributed by atoms with Gasteiger partial charge in [0.15, 0.2) is 0 Å². The summed E-state index contributed by atoms with van der Waals surface area (Å²) >= 11 is 9.17. The van der Waals surface area contributed by atoms with Crippen molar-refractivity contribution >= 4 is 27.5 Å². The molecule has 4 heteroatoms. The Morgan fingerprint density at radius 2 is 2.45 bits per heavy atom. The second kappa shape index (κ2) is 2.72. The first-order valence-corrected chi connectivity index (χ1v) is 4.72. The van der Waals surface area contributed by atoms with Gasteiger partial charge < -0.3 is 0 Å². The molecule has 0 saturated carbocycles. The van der Waals surface area contributed by atoms with Crippen LogP contribution in [0.1, 0.15) is 22.5 Å². The van der Waals surface area contributed by atoms with E-state index in [4.69, 9.17) is 11.6 Å². The zero-order valence-electron chi connectivity index (χ0n) is 5.72. The first kappa shape index (κ1) is 7.50. The molecule has 2 rings (SSSR count). The van der Waals surface area contributed by atoms with Crippen LogP contribution < -0.4 is 0 Å². The smallest absolute Gasteiger partial charge is 0.222 e. The Hall–Kier alpha value is -0.150. The van der Waals surface area contributed by atoms with Crippen LogP contribution in [0.4, 0.5) is 0 Å². The van der Waals surface area contributed by atoms with Crippen molar-refractivity contribution < 1.29 is 0 Å². The maximum absolute atomic E-state index is 5.63. The van der Waals surface area contributed by atoms with Gasteiger partial charge in [-0.2, -0.15) is 0 Å². The van der Waals surface area contributed by atoms with Crippen molar-refractivity contribution in [3.63, 3.8) is 0 Å². The second-order valence-electron chi connectivity index (χ2n) is 2.55. The summed E-state index contributed by atoms with van der Waals surface area (Å²) in [6, 6.07) is 0. The normalized spacial score (nSPS) is 21.8. The van der Waals surface area contributed by atoms with E-state index < -0.39 is 0 Å². The van der Waals surface area contributed by atoms with E-state index in [-0.39, 0.29) is 0 Å². The molecule has 11 heavy (non-hydrogen) atoms. The van der Waals surface area contributed by atoms with Crippen LogP contribution in [-0.2, 0) is 6.42 Å². The van der Waals surface area contributed by atoms with Crippen molar-refractivity contribution in [2.75, 3.05) is 0 Å². The number of hydrogen-bond acceptors (Lipinski definition) is 2. The summed E-state index contributed by atoms with van der Waals surface area (Å²) in [5.74, 6) is 0. The topological polar surface area (TPSA) is 25.8 Å². The molecule has 1 heterocycles. The Bertz CT molecular complexity index is 290. The third-order valence-corrected chi connectivity index (χ3v) is 2.98. The van der Waals surface area contributed by atoms with Gasteiger partial charge in [0.1, 0.15) is 0 Å². The molecule has 1 atom stereocenters. The molecule has 0 aliphatic heterocycles. The van der Waals surface area contributed by atoms with E-state index in [2.05, 4.69) is 25.9 Å². The van der Waals surface area contributed by atoms with Gasteiger partial charge in [0.25, 0.3) is 0 Å². The number of nitrogens with zero attached hydrogens (tertiary/aromatic N) is 2. The summed E-state index contributed by atoms with van der Waals surface area (Å²) in [6.07, 6.45) is 3.91. The highest BCUT2D eigenvalue weighted by Gasteiger charge is 2.21. The molecule has 0 radical (unpaired) electrons. The fourth-order valence-electron chi connectivity index (χ4n) is 1.28. The maximum Gasteiger partial charge on any atom is 0.222 e. The number of rotatable bonds is 0. The van der Waals surface area contributed by atoms with Crippen molar-refractivity contribution in [1.82, 2.24) is 9.97 Å². The number of aromatic nitrogens is 2. The van der Waals surface area contributed by atoms with E-state index >= 15 is 0 Å². The van der Waals surface area contributed by atoms with Crippen LogP contribution in [0.2, 0.25) is 5.28 Å². The predicted molar refractivity (Wildman–Crippen MR) is 47.0 cm³/mol. The van der Waals surface area contributed by atoms with Crippen LogP contribution in [0, 0.1) is 0 Å². The van der Waals surface area contributed by atoms with Crippen molar-refractivity contribution in [3.05, 3.63) is 22.7 Å². The van der Waals surface area contributed by atoms with Crippen molar-refractivity contribution in [2.45, 2.75) is 17.7 Å². The Morgan fingerprint density at radius 3 is 3.27 bits per heavy atom. The lowest BCUT2D eigenvalue weighted by Crippen LogP contribution is -1.91. The number of fused-ring (bicyclic) bond motifs is 1. The third kappa shape index (κ3) is 1.27. The van der Waals surface area contributed by atoms with Crippen molar-refractivity contribution in [1.29, 1.82) is 0 Å². The molecule has 1 aliphatic rings. The highest BCUT2D eigenvalue weighted by molar-refractivity contribution is 9.09. The number of aryl methyl sites for hydroxylation is 1. The molecule has 0 fully saturated rings. The van der Waals surface area contributed by atoms with Crippen LogP contribution >= 0.6 is 27.5 Å². The summed E-state index contributed by atoms with van der Waals surface area (Å²) in [5.41, 5.74) is 2.28. The lowest BCUT2D eigenvalue weighted by atomic mass is 10.3. The highest BCUT2D eigenvalue weighted by Crippen LogP contribution is 2.36. The average Bonchev–Trinajstić information content (AvgIpc) is 2.32. The summed E-state index contributed by atoms with van der Waals surface area (Å²) in [5, 5.41) is 0.352. The Morgan fingerprint density at radius 1 is 1.64 bits per heavy atom. The Kier molecular flexibility index (Phi) is 1.85. The van der Waals surface area contributed by atoms with E-state index in [1.54, 1.807) is 6.20 Å². The first-order chi connectivity index (χ1) is 5.27. The lowest BCUT2D eigenvalue weighted by Gasteiger charge is -1.99. The quantitative estimate of drug-likeness (QED) is 0.508. The van der Waals surface area contributed by atoms with Gasteiger partial charge in [0, 0.05) is 22.3 Å². The van der Waals surface area contributed by atoms with Gasteiger partial charge in [-0.25, -0.2) is 9.97 Å². The minimum absolute atomic E-state index is 0.352. The molecule has 0 saturated heterocycles. The van der Waals surface area contributed by atoms with Crippen LogP contribution in [-0.4, -0.2) is 9.97 Å². The number of alkyl halides is 1. The van der Waals surface area contributed by atoms with Crippen LogP contribution in [0.15, 0.2) is 6.20 Å². The van der Waals surface area contributed by atoms with Crippen LogP contribution in [0.3, 0.4) is 0 Å². The molecular formula is C7H6BrClN2. The summed E-state index contributed by atoms with van der Waals surface area (Å²) in [6.45, 7) is 0. The van der Waals surface area contributed by atoms with Crippen LogP contribution in [0.5, 0.6) is 0 Å². The highest BCUT2D eigenvalue weighted by atomic mass is 79.9. The number of halogens is 2. The third-order valence-electron chi connectivity index (χ3n) is 1.84. The van der Waals surface area contributed by atoms with E-state index in [1.165, 1.54) is 5.56 Å². The molecule has 1 unspecified atom stereocenters. The fraction of sp³-hybridized carbons (Fsp3) is 0.429. The molecule has 58 valence electrons. The molecule has 2 nitrogen and oxygen atoms in total. The largest absolute Gasteiger partial charge is 0.226 e. The van der Waals surface area contributed by atoms with Gasteiger partial charge in [-0.3, -0.25) is 0 Å². The van der Waals surface area contributed by atoms with E-state index in [9.17, 15) is 0 Å². The van der Waals surface area contributed by atoms with Gasteiger partial charge in [0.2, 0.25) is 5.28 Å².